The number of para-hydroxylation sites is 1. The molecule has 2 aromatic carbocycles. The molecule has 0 bridgehead atoms. The molecule has 0 aliphatic rings. The summed E-state index contributed by atoms with van der Waals surface area (Å²) in [7, 11) is 1.44. The number of nitrogens with one attached hydrogen (secondary N) is 1. The van der Waals surface area contributed by atoms with Gasteiger partial charge in [-0.05, 0) is 29.7 Å². The number of hydrogen-bond donors (Lipinski definition) is 3. The molecule has 0 heterocycles. The molecule has 20 heavy (non-hydrogen) atoms. The van der Waals surface area contributed by atoms with Crippen LogP contribution in [0.1, 0.15) is 17.2 Å². The van der Waals surface area contributed by atoms with Crippen LogP contribution >= 0.6 is 0 Å². The van der Waals surface area contributed by atoms with E-state index in [1.807, 2.05) is 18.2 Å². The van der Waals surface area contributed by atoms with E-state index in [-0.39, 0.29) is 17.6 Å². The Balaban J connectivity index is 2.30. The summed E-state index contributed by atoms with van der Waals surface area (Å²) in [5, 5.41) is 0. The van der Waals surface area contributed by atoms with E-state index >= 15 is 0 Å². The molecule has 0 aliphatic carbocycles. The van der Waals surface area contributed by atoms with Gasteiger partial charge >= 0.3 is 0 Å². The van der Waals surface area contributed by atoms with Crippen molar-refractivity contribution in [3.63, 3.8) is 0 Å². The lowest BCUT2D eigenvalue weighted by Gasteiger charge is -2.19. The molecule has 0 spiro atoms. The molecule has 4 nitrogen and oxygen atoms in total. The van der Waals surface area contributed by atoms with E-state index in [1.54, 1.807) is 24.3 Å². The van der Waals surface area contributed by atoms with E-state index in [0.29, 0.717) is 17.7 Å². The van der Waals surface area contributed by atoms with Crippen molar-refractivity contribution in [2.45, 2.75) is 12.5 Å². The number of nitrogen functional groups attached to an aromatic ring is 1. The smallest absolute Gasteiger partial charge is 0.168 e. The van der Waals surface area contributed by atoms with Crippen molar-refractivity contribution in [2.75, 3.05) is 12.8 Å². The minimum atomic E-state index is -0.371. The number of hydrazine groups is 1. The number of methoxy groups -OCH3 is 1. The highest BCUT2D eigenvalue weighted by Crippen LogP contribution is 2.27. The van der Waals surface area contributed by atoms with E-state index in [4.69, 9.17) is 16.3 Å². The Hall–Kier alpha value is -2.11. The fourth-order valence-corrected chi connectivity index (χ4v) is 2.18. The van der Waals surface area contributed by atoms with E-state index in [0.717, 1.165) is 5.56 Å². The molecule has 0 aromatic heterocycles. The van der Waals surface area contributed by atoms with Crippen molar-refractivity contribution in [2.24, 2.45) is 5.84 Å². The summed E-state index contributed by atoms with van der Waals surface area (Å²) in [4.78, 5) is 0. The van der Waals surface area contributed by atoms with Crippen LogP contribution in [0.15, 0.2) is 42.5 Å². The Morgan fingerprint density at radius 3 is 2.60 bits per heavy atom. The summed E-state index contributed by atoms with van der Waals surface area (Å²) in [5.74, 6) is 5.43. The van der Waals surface area contributed by atoms with Gasteiger partial charge in [0.2, 0.25) is 0 Å². The molecular weight excluding hydrogens is 257 g/mol. The molecule has 106 valence electrons. The van der Waals surface area contributed by atoms with Crippen LogP contribution in [0, 0.1) is 5.82 Å². The molecular formula is C15H18FN3O. The summed E-state index contributed by atoms with van der Waals surface area (Å²) >= 11 is 0. The van der Waals surface area contributed by atoms with Gasteiger partial charge in [-0.3, -0.25) is 11.3 Å². The van der Waals surface area contributed by atoms with Crippen LogP contribution in [0.25, 0.3) is 0 Å². The fraction of sp³-hybridized carbons (Fsp3) is 0.200. The SMILES string of the molecule is COc1cccc(CC(NN)c2ccccc2N)c1F. The van der Waals surface area contributed by atoms with Crippen LogP contribution in [-0.4, -0.2) is 7.11 Å². The number of halogens is 1. The molecule has 0 aliphatic heterocycles. The molecule has 0 saturated heterocycles. The monoisotopic (exact) mass is 275 g/mol. The third-order valence-electron chi connectivity index (χ3n) is 3.26. The maximum atomic E-state index is 14.2. The molecule has 5 N–H and O–H groups in total. The lowest BCUT2D eigenvalue weighted by Crippen LogP contribution is -2.30. The number of rotatable bonds is 5. The van der Waals surface area contributed by atoms with Crippen molar-refractivity contribution in [3.05, 3.63) is 59.4 Å². The van der Waals surface area contributed by atoms with E-state index < -0.39 is 0 Å². The third kappa shape index (κ3) is 2.89. The quantitative estimate of drug-likeness (QED) is 0.444. The zero-order valence-corrected chi connectivity index (χ0v) is 11.3. The van der Waals surface area contributed by atoms with Gasteiger partial charge in [0.25, 0.3) is 0 Å². The van der Waals surface area contributed by atoms with E-state index in [2.05, 4.69) is 5.43 Å². The summed E-state index contributed by atoms with van der Waals surface area (Å²) in [5.41, 5.74) is 10.6. The largest absolute Gasteiger partial charge is 0.494 e. The van der Waals surface area contributed by atoms with Crippen LogP contribution in [0.4, 0.5) is 10.1 Å². The lowest BCUT2D eigenvalue weighted by molar-refractivity contribution is 0.382. The van der Waals surface area contributed by atoms with Gasteiger partial charge in [0.1, 0.15) is 0 Å². The number of benzene rings is 2. The van der Waals surface area contributed by atoms with Crippen LogP contribution in [-0.2, 0) is 6.42 Å². The number of hydrogen-bond acceptors (Lipinski definition) is 4. The first-order valence-corrected chi connectivity index (χ1v) is 6.29. The Bertz CT molecular complexity index is 589. The Morgan fingerprint density at radius 2 is 1.95 bits per heavy atom. The first kappa shape index (κ1) is 14.3. The van der Waals surface area contributed by atoms with Gasteiger partial charge in [0, 0.05) is 5.69 Å². The van der Waals surface area contributed by atoms with Gasteiger partial charge in [-0.25, -0.2) is 4.39 Å². The Morgan fingerprint density at radius 1 is 1.20 bits per heavy atom. The summed E-state index contributed by atoms with van der Waals surface area (Å²) in [6, 6.07) is 12.2. The second kappa shape index (κ2) is 6.36. The molecule has 0 saturated carbocycles. The van der Waals surface area contributed by atoms with Crippen LogP contribution < -0.4 is 21.7 Å². The standard InChI is InChI=1S/C15H18FN3O/c1-20-14-8-4-5-10(15(14)16)9-13(19-18)11-6-2-3-7-12(11)17/h2-8,13,19H,9,17-18H2,1H3. The molecule has 5 heteroatoms. The second-order valence-corrected chi connectivity index (χ2v) is 4.49. The zero-order chi connectivity index (χ0) is 14.5. The molecule has 0 amide bonds. The number of ether oxygens (including phenoxy) is 1. The first-order valence-electron chi connectivity index (χ1n) is 6.29. The summed E-state index contributed by atoms with van der Waals surface area (Å²) in [6.45, 7) is 0. The van der Waals surface area contributed by atoms with Crippen LogP contribution in [0.5, 0.6) is 5.75 Å². The zero-order valence-electron chi connectivity index (χ0n) is 11.3. The topological polar surface area (TPSA) is 73.3 Å². The Labute approximate surface area is 117 Å². The molecule has 1 unspecified atom stereocenters. The molecule has 0 radical (unpaired) electrons. The predicted molar refractivity (Wildman–Crippen MR) is 77.6 cm³/mol. The number of anilines is 1. The highest BCUT2D eigenvalue weighted by Gasteiger charge is 2.17. The average Bonchev–Trinajstić information content (AvgIpc) is 2.47. The van der Waals surface area contributed by atoms with Crippen molar-refractivity contribution in [1.29, 1.82) is 0 Å². The summed E-state index contributed by atoms with van der Waals surface area (Å²) in [6.07, 6.45) is 0.383. The van der Waals surface area contributed by atoms with E-state index in [9.17, 15) is 4.39 Å². The van der Waals surface area contributed by atoms with Crippen LogP contribution in [0.2, 0.25) is 0 Å². The minimum Gasteiger partial charge on any atom is -0.494 e. The van der Waals surface area contributed by atoms with Crippen molar-refractivity contribution in [1.82, 2.24) is 5.43 Å². The molecule has 1 atom stereocenters. The van der Waals surface area contributed by atoms with Gasteiger partial charge in [0.05, 0.1) is 13.2 Å². The molecule has 2 aromatic rings. The van der Waals surface area contributed by atoms with E-state index in [1.165, 1.54) is 7.11 Å². The van der Waals surface area contributed by atoms with Gasteiger partial charge in [-0.1, -0.05) is 30.3 Å². The first-order chi connectivity index (χ1) is 9.67. The minimum absolute atomic E-state index is 0.222. The summed E-state index contributed by atoms with van der Waals surface area (Å²) < 4.78 is 19.1. The second-order valence-electron chi connectivity index (χ2n) is 4.49. The highest BCUT2D eigenvalue weighted by molar-refractivity contribution is 5.48. The fourth-order valence-electron chi connectivity index (χ4n) is 2.18. The normalized spacial score (nSPS) is 12.2. The maximum absolute atomic E-state index is 14.2. The van der Waals surface area contributed by atoms with Crippen molar-refractivity contribution >= 4 is 5.69 Å². The molecule has 0 fully saturated rings. The number of nitrogens with two attached hydrogens (primary N) is 2. The van der Waals surface area contributed by atoms with Gasteiger partial charge in [-0.2, -0.15) is 0 Å². The lowest BCUT2D eigenvalue weighted by atomic mass is 9.97. The third-order valence-corrected chi connectivity index (χ3v) is 3.26. The van der Waals surface area contributed by atoms with Gasteiger partial charge < -0.3 is 10.5 Å². The van der Waals surface area contributed by atoms with Crippen LogP contribution in [0.3, 0.4) is 0 Å². The van der Waals surface area contributed by atoms with Gasteiger partial charge in [0.15, 0.2) is 11.6 Å². The average molecular weight is 275 g/mol. The van der Waals surface area contributed by atoms with Crippen molar-refractivity contribution < 1.29 is 9.13 Å². The highest BCUT2D eigenvalue weighted by atomic mass is 19.1. The van der Waals surface area contributed by atoms with Gasteiger partial charge in [-0.15, -0.1) is 0 Å². The van der Waals surface area contributed by atoms with Crippen molar-refractivity contribution in [3.8, 4) is 5.75 Å². The Kier molecular flexibility index (Phi) is 4.55. The maximum Gasteiger partial charge on any atom is 0.168 e. The predicted octanol–water partition coefficient (Wildman–Crippen LogP) is 2.16. The molecule has 2 rings (SSSR count).